The summed E-state index contributed by atoms with van der Waals surface area (Å²) in [5, 5.41) is 5.82. The number of hydrogen-bond acceptors (Lipinski definition) is 3. The van der Waals surface area contributed by atoms with Gasteiger partial charge in [-0.15, -0.1) is 0 Å². The van der Waals surface area contributed by atoms with E-state index in [2.05, 4.69) is 10.6 Å². The number of benzene rings is 1. The van der Waals surface area contributed by atoms with Gasteiger partial charge in [0.2, 0.25) is 5.91 Å². The first kappa shape index (κ1) is 18.3. The van der Waals surface area contributed by atoms with Gasteiger partial charge in [0.25, 0.3) is 0 Å². The van der Waals surface area contributed by atoms with Crippen LogP contribution in [0.25, 0.3) is 0 Å². The summed E-state index contributed by atoms with van der Waals surface area (Å²) in [5.74, 6) is 0.000689. The molecule has 0 radical (unpaired) electrons. The van der Waals surface area contributed by atoms with Crippen LogP contribution in [0.15, 0.2) is 30.3 Å². The van der Waals surface area contributed by atoms with Gasteiger partial charge in [0.1, 0.15) is 0 Å². The predicted molar refractivity (Wildman–Crippen MR) is 92.5 cm³/mol. The predicted octanol–water partition coefficient (Wildman–Crippen LogP) is 1.76. The van der Waals surface area contributed by atoms with Crippen molar-refractivity contribution in [2.24, 2.45) is 5.41 Å². The van der Waals surface area contributed by atoms with Gasteiger partial charge in [-0.05, 0) is 25.3 Å². The van der Waals surface area contributed by atoms with Gasteiger partial charge >= 0.3 is 6.03 Å². The normalized spacial score (nSPS) is 20.5. The first-order chi connectivity index (χ1) is 11.5. The molecule has 1 aromatic carbocycles. The maximum Gasteiger partial charge on any atom is 0.317 e. The van der Waals surface area contributed by atoms with Crippen LogP contribution < -0.4 is 10.6 Å². The minimum atomic E-state index is -0.550. The summed E-state index contributed by atoms with van der Waals surface area (Å²) in [6.45, 7) is 4.52. The quantitative estimate of drug-likeness (QED) is 0.779. The van der Waals surface area contributed by atoms with Crippen molar-refractivity contribution >= 4 is 11.9 Å². The monoisotopic (exact) mass is 333 g/mol. The van der Waals surface area contributed by atoms with Gasteiger partial charge in [-0.2, -0.15) is 0 Å². The molecule has 6 nitrogen and oxygen atoms in total. The molecule has 2 N–H and O–H groups in total. The van der Waals surface area contributed by atoms with Gasteiger partial charge in [-0.25, -0.2) is 4.79 Å². The fraction of sp³-hybridized carbons (Fsp3) is 0.556. The van der Waals surface area contributed by atoms with Crippen LogP contribution in [0.2, 0.25) is 0 Å². The highest BCUT2D eigenvalue weighted by Crippen LogP contribution is 2.29. The number of carbonyl (C=O) groups excluding carboxylic acids is 2. The summed E-state index contributed by atoms with van der Waals surface area (Å²) < 4.78 is 4.94. The van der Waals surface area contributed by atoms with E-state index in [1.54, 1.807) is 12.0 Å². The molecular weight excluding hydrogens is 306 g/mol. The second kappa shape index (κ2) is 8.68. The highest BCUT2D eigenvalue weighted by molar-refractivity contribution is 5.84. The standard InChI is InChI=1S/C18H27N3O3/c1-18(16(22)20-13-15-7-4-3-5-8-15)9-6-11-21(14-18)17(23)19-10-12-24-2/h3-5,7-8H,6,9-14H2,1-2H3,(H,19,23)(H,20,22)/t18-/m0/s1. The minimum Gasteiger partial charge on any atom is -0.383 e. The Morgan fingerprint density at radius 2 is 2.00 bits per heavy atom. The van der Waals surface area contributed by atoms with Crippen molar-refractivity contribution in [3.63, 3.8) is 0 Å². The molecule has 1 heterocycles. The molecular formula is C18H27N3O3. The molecule has 1 saturated heterocycles. The number of ether oxygens (including phenoxy) is 1. The van der Waals surface area contributed by atoms with E-state index in [4.69, 9.17) is 4.74 Å². The molecule has 1 aromatic rings. The number of hydrogen-bond donors (Lipinski definition) is 2. The van der Waals surface area contributed by atoms with Crippen LogP contribution in [0.1, 0.15) is 25.3 Å². The van der Waals surface area contributed by atoms with Crippen LogP contribution >= 0.6 is 0 Å². The average molecular weight is 333 g/mol. The number of likely N-dealkylation sites (tertiary alicyclic amines) is 1. The van der Waals surface area contributed by atoms with Crippen molar-refractivity contribution in [2.75, 3.05) is 33.4 Å². The van der Waals surface area contributed by atoms with Crippen molar-refractivity contribution in [3.8, 4) is 0 Å². The Kier molecular flexibility index (Phi) is 6.61. The fourth-order valence-electron chi connectivity index (χ4n) is 2.96. The van der Waals surface area contributed by atoms with E-state index in [1.807, 2.05) is 37.3 Å². The molecule has 3 amide bonds. The first-order valence-electron chi connectivity index (χ1n) is 8.39. The number of nitrogens with one attached hydrogen (secondary N) is 2. The van der Waals surface area contributed by atoms with Gasteiger partial charge in [0.15, 0.2) is 0 Å². The zero-order valence-electron chi connectivity index (χ0n) is 14.5. The van der Waals surface area contributed by atoms with Gasteiger partial charge in [0, 0.05) is 33.3 Å². The third kappa shape index (κ3) is 4.96. The Morgan fingerprint density at radius 3 is 2.71 bits per heavy atom. The highest BCUT2D eigenvalue weighted by Gasteiger charge is 2.39. The smallest absolute Gasteiger partial charge is 0.317 e. The molecule has 24 heavy (non-hydrogen) atoms. The zero-order valence-corrected chi connectivity index (χ0v) is 14.5. The van der Waals surface area contributed by atoms with E-state index in [9.17, 15) is 9.59 Å². The molecule has 0 bridgehead atoms. The molecule has 6 heteroatoms. The van der Waals surface area contributed by atoms with E-state index >= 15 is 0 Å². The average Bonchev–Trinajstić information content (AvgIpc) is 2.60. The number of nitrogens with zero attached hydrogens (tertiary/aromatic N) is 1. The maximum atomic E-state index is 12.6. The Labute approximate surface area is 143 Å². The number of urea groups is 1. The lowest BCUT2D eigenvalue weighted by molar-refractivity contribution is -0.132. The van der Waals surface area contributed by atoms with Gasteiger partial charge in [-0.1, -0.05) is 30.3 Å². The van der Waals surface area contributed by atoms with Crippen molar-refractivity contribution < 1.29 is 14.3 Å². The summed E-state index contributed by atoms with van der Waals surface area (Å²) >= 11 is 0. The lowest BCUT2D eigenvalue weighted by Crippen LogP contribution is -2.54. The van der Waals surface area contributed by atoms with E-state index < -0.39 is 5.41 Å². The Hall–Kier alpha value is -2.08. The van der Waals surface area contributed by atoms with E-state index in [-0.39, 0.29) is 11.9 Å². The van der Waals surface area contributed by atoms with Crippen molar-refractivity contribution in [3.05, 3.63) is 35.9 Å². The summed E-state index contributed by atoms with van der Waals surface area (Å²) in [6, 6.07) is 9.70. The Bertz CT molecular complexity index is 550. The summed E-state index contributed by atoms with van der Waals surface area (Å²) in [5.41, 5.74) is 0.519. The third-order valence-electron chi connectivity index (χ3n) is 4.41. The zero-order chi connectivity index (χ0) is 17.4. The van der Waals surface area contributed by atoms with Crippen LogP contribution in [-0.4, -0.2) is 50.2 Å². The van der Waals surface area contributed by atoms with Crippen LogP contribution in [0, 0.1) is 5.41 Å². The Balaban J connectivity index is 1.88. The van der Waals surface area contributed by atoms with Crippen LogP contribution in [0.3, 0.4) is 0 Å². The summed E-state index contributed by atoms with van der Waals surface area (Å²) in [6.07, 6.45) is 1.61. The number of methoxy groups -OCH3 is 1. The second-order valence-corrected chi connectivity index (χ2v) is 6.48. The van der Waals surface area contributed by atoms with Crippen LogP contribution in [-0.2, 0) is 16.1 Å². The molecule has 2 rings (SSSR count). The molecule has 0 saturated carbocycles. The SMILES string of the molecule is COCCNC(=O)N1CCC[C@](C)(C(=O)NCc2ccccc2)C1. The fourth-order valence-corrected chi connectivity index (χ4v) is 2.96. The summed E-state index contributed by atoms with van der Waals surface area (Å²) in [7, 11) is 1.60. The molecule has 0 spiro atoms. The molecule has 1 aliphatic heterocycles. The lowest BCUT2D eigenvalue weighted by atomic mass is 9.81. The molecule has 132 valence electrons. The highest BCUT2D eigenvalue weighted by atomic mass is 16.5. The maximum absolute atomic E-state index is 12.6. The second-order valence-electron chi connectivity index (χ2n) is 6.48. The van der Waals surface area contributed by atoms with Gasteiger partial charge < -0.3 is 20.3 Å². The lowest BCUT2D eigenvalue weighted by Gasteiger charge is -2.39. The third-order valence-corrected chi connectivity index (χ3v) is 4.41. The van der Waals surface area contributed by atoms with E-state index in [1.165, 1.54) is 0 Å². The van der Waals surface area contributed by atoms with E-state index in [0.29, 0.717) is 32.8 Å². The molecule has 0 unspecified atom stereocenters. The van der Waals surface area contributed by atoms with Crippen molar-refractivity contribution in [2.45, 2.75) is 26.3 Å². The first-order valence-corrected chi connectivity index (χ1v) is 8.39. The van der Waals surface area contributed by atoms with Crippen LogP contribution in [0.5, 0.6) is 0 Å². The summed E-state index contributed by atoms with van der Waals surface area (Å²) in [4.78, 5) is 26.5. The van der Waals surface area contributed by atoms with Gasteiger partial charge in [-0.3, -0.25) is 4.79 Å². The molecule has 0 aromatic heterocycles. The number of piperidine rings is 1. The van der Waals surface area contributed by atoms with Crippen LogP contribution in [0.4, 0.5) is 4.79 Å². The number of carbonyl (C=O) groups is 2. The largest absolute Gasteiger partial charge is 0.383 e. The molecule has 1 aliphatic rings. The van der Waals surface area contributed by atoms with Gasteiger partial charge in [0.05, 0.1) is 12.0 Å². The number of rotatable bonds is 6. The topological polar surface area (TPSA) is 70.7 Å². The minimum absolute atomic E-state index is 0.000689. The van der Waals surface area contributed by atoms with Crippen molar-refractivity contribution in [1.82, 2.24) is 15.5 Å². The number of amides is 3. The van der Waals surface area contributed by atoms with Crippen molar-refractivity contribution in [1.29, 1.82) is 0 Å². The molecule has 1 fully saturated rings. The Morgan fingerprint density at radius 1 is 1.25 bits per heavy atom. The molecule has 0 aliphatic carbocycles. The molecule has 1 atom stereocenters. The van der Waals surface area contributed by atoms with E-state index in [0.717, 1.165) is 18.4 Å².